The Labute approximate surface area is 143 Å². The monoisotopic (exact) mass is 332 g/mol. The van der Waals surface area contributed by atoms with Crippen molar-refractivity contribution < 1.29 is 14.5 Å². The molecule has 0 radical (unpaired) electrons. The molecule has 2 aromatic rings. The lowest BCUT2D eigenvalue weighted by Crippen LogP contribution is -2.49. The Bertz CT molecular complexity index is 665. The highest BCUT2D eigenvalue weighted by Crippen LogP contribution is 2.25. The van der Waals surface area contributed by atoms with Crippen LogP contribution in [0.2, 0.25) is 5.02 Å². The largest absolute Gasteiger partial charge is 0.457 e. The topological polar surface area (TPSA) is 38.7 Å². The summed E-state index contributed by atoms with van der Waals surface area (Å²) in [5.41, 5.74) is -0.611. The van der Waals surface area contributed by atoms with Crippen LogP contribution in [0.5, 0.6) is 11.5 Å². The lowest BCUT2D eigenvalue weighted by molar-refractivity contribution is -0.0893. The van der Waals surface area contributed by atoms with Crippen molar-refractivity contribution in [2.24, 2.45) is 0 Å². The number of aliphatic hydroxyl groups is 1. The van der Waals surface area contributed by atoms with E-state index in [1.54, 1.807) is 26.0 Å². The van der Waals surface area contributed by atoms with Crippen LogP contribution in [-0.4, -0.2) is 23.8 Å². The van der Waals surface area contributed by atoms with Gasteiger partial charge in [-0.05, 0) is 63.5 Å². The normalized spacial score (nSPS) is 12.1. The van der Waals surface area contributed by atoms with Gasteiger partial charge in [-0.3, -0.25) is 0 Å². The average Bonchev–Trinajstić information content (AvgIpc) is 2.44. The maximum Gasteiger partial charge on any atom is 0.309 e. The van der Waals surface area contributed by atoms with E-state index in [0.29, 0.717) is 18.3 Å². The van der Waals surface area contributed by atoms with E-state index in [9.17, 15) is 5.11 Å². The molecular weight excluding hydrogens is 310 g/mol. The molecule has 0 unspecified atom stereocenters. The Kier molecular flexibility index (Phi) is 5.40. The quantitative estimate of drug-likeness (QED) is 0.820. The Balaban J connectivity index is 2.05. The highest BCUT2D eigenvalue weighted by Gasteiger charge is 2.35. The van der Waals surface area contributed by atoms with E-state index in [1.807, 2.05) is 50.2 Å². The first-order valence-corrected chi connectivity index (χ1v) is 7.94. The summed E-state index contributed by atoms with van der Waals surface area (Å²) in [5.74, 6) is 1.40. The molecule has 0 bridgehead atoms. The molecule has 2 rings (SSSR count). The summed E-state index contributed by atoms with van der Waals surface area (Å²) in [5, 5.41) is 10.8. The van der Waals surface area contributed by atoms with Crippen molar-refractivity contribution in [3.05, 3.63) is 53.6 Å². The zero-order chi connectivity index (χ0) is 17.1. The second-order valence-electron chi connectivity index (χ2n) is 6.56. The van der Waals surface area contributed by atoms with Crippen molar-refractivity contribution in [1.82, 2.24) is 0 Å². The second-order valence-corrected chi connectivity index (χ2v) is 7.00. The van der Waals surface area contributed by atoms with Gasteiger partial charge in [0, 0.05) is 5.02 Å². The van der Waals surface area contributed by atoms with Crippen LogP contribution in [-0.2, 0) is 4.65 Å². The van der Waals surface area contributed by atoms with Gasteiger partial charge >= 0.3 is 7.48 Å². The highest BCUT2D eigenvalue weighted by molar-refractivity contribution is 6.47. The van der Waals surface area contributed by atoms with Gasteiger partial charge in [0.25, 0.3) is 0 Å². The lowest BCUT2D eigenvalue weighted by atomic mass is 9.82. The SMILES string of the molecule is CC(C)(O)C(C)(C)OBc1cccc(Oc2cccc(Cl)c2)c1. The molecule has 0 heterocycles. The molecule has 3 nitrogen and oxygen atoms in total. The van der Waals surface area contributed by atoms with Crippen LogP contribution in [0.3, 0.4) is 0 Å². The summed E-state index contributed by atoms with van der Waals surface area (Å²) in [6, 6.07) is 14.9. The van der Waals surface area contributed by atoms with Crippen molar-refractivity contribution in [2.75, 3.05) is 0 Å². The van der Waals surface area contributed by atoms with Crippen LogP contribution in [0.1, 0.15) is 27.7 Å². The number of hydrogen-bond donors (Lipinski definition) is 1. The van der Waals surface area contributed by atoms with Crippen LogP contribution in [0.4, 0.5) is 0 Å². The summed E-state index contributed by atoms with van der Waals surface area (Å²) in [6.45, 7) is 7.23. The van der Waals surface area contributed by atoms with Gasteiger partial charge in [-0.2, -0.15) is 0 Å². The predicted molar refractivity (Wildman–Crippen MR) is 96.2 cm³/mol. The minimum atomic E-state index is -0.929. The molecule has 0 atom stereocenters. The van der Waals surface area contributed by atoms with Crippen LogP contribution < -0.4 is 10.2 Å². The number of rotatable bonds is 6. The molecule has 0 saturated heterocycles. The van der Waals surface area contributed by atoms with Crippen molar-refractivity contribution in [2.45, 2.75) is 38.9 Å². The molecule has 1 N–H and O–H groups in total. The van der Waals surface area contributed by atoms with E-state index in [4.69, 9.17) is 21.0 Å². The summed E-state index contributed by atoms with van der Waals surface area (Å²) in [4.78, 5) is 0. The van der Waals surface area contributed by atoms with Crippen LogP contribution in [0.15, 0.2) is 48.5 Å². The number of ether oxygens (including phenoxy) is 1. The smallest absolute Gasteiger partial charge is 0.309 e. The molecule has 0 saturated carbocycles. The van der Waals surface area contributed by atoms with Gasteiger partial charge in [0.2, 0.25) is 0 Å². The molecule has 0 spiro atoms. The molecule has 2 aromatic carbocycles. The minimum absolute atomic E-state index is 0.393. The fraction of sp³-hybridized carbons (Fsp3) is 0.333. The van der Waals surface area contributed by atoms with Gasteiger partial charge in [0.05, 0.1) is 11.2 Å². The standard InChI is InChI=1S/C18H22BClO3/c1-17(2,21)18(3,4)23-19-13-7-5-9-15(11-13)22-16-10-6-8-14(20)12-16/h5-12,19,21H,1-4H3. The zero-order valence-electron chi connectivity index (χ0n) is 14.0. The highest BCUT2D eigenvalue weighted by atomic mass is 35.5. The Hall–Kier alpha value is -1.49. The molecule has 122 valence electrons. The Morgan fingerprint density at radius 3 is 2.17 bits per heavy atom. The fourth-order valence-electron chi connectivity index (χ4n) is 1.81. The maximum absolute atomic E-state index is 10.1. The minimum Gasteiger partial charge on any atom is -0.457 e. The van der Waals surface area contributed by atoms with Crippen molar-refractivity contribution >= 4 is 24.5 Å². The molecule has 0 aliphatic heterocycles. The summed E-state index contributed by atoms with van der Waals surface area (Å²) >= 11 is 5.96. The number of halogens is 1. The molecule has 0 aliphatic carbocycles. The third-order valence-corrected chi connectivity index (χ3v) is 4.24. The molecule has 0 amide bonds. The Morgan fingerprint density at radius 2 is 1.57 bits per heavy atom. The van der Waals surface area contributed by atoms with Crippen molar-refractivity contribution in [1.29, 1.82) is 0 Å². The van der Waals surface area contributed by atoms with Gasteiger partial charge in [0.1, 0.15) is 11.5 Å². The van der Waals surface area contributed by atoms with E-state index >= 15 is 0 Å². The van der Waals surface area contributed by atoms with Crippen LogP contribution >= 0.6 is 11.6 Å². The zero-order valence-corrected chi connectivity index (χ0v) is 14.7. The van der Waals surface area contributed by atoms with Crippen LogP contribution in [0, 0.1) is 0 Å². The fourth-order valence-corrected chi connectivity index (χ4v) is 1.99. The van der Waals surface area contributed by atoms with E-state index in [2.05, 4.69) is 0 Å². The first-order valence-electron chi connectivity index (χ1n) is 7.56. The molecule has 23 heavy (non-hydrogen) atoms. The van der Waals surface area contributed by atoms with Gasteiger partial charge in [-0.1, -0.05) is 29.8 Å². The molecule has 0 aromatic heterocycles. The van der Waals surface area contributed by atoms with Crippen molar-refractivity contribution in [3.8, 4) is 11.5 Å². The average molecular weight is 333 g/mol. The molecule has 0 fully saturated rings. The van der Waals surface area contributed by atoms with E-state index < -0.39 is 11.2 Å². The maximum atomic E-state index is 10.1. The first kappa shape index (κ1) is 17.9. The van der Waals surface area contributed by atoms with E-state index in [0.717, 1.165) is 11.2 Å². The summed E-state index contributed by atoms with van der Waals surface area (Å²) in [6.07, 6.45) is 0. The van der Waals surface area contributed by atoms with Gasteiger partial charge in [-0.25, -0.2) is 0 Å². The van der Waals surface area contributed by atoms with Gasteiger partial charge in [0.15, 0.2) is 0 Å². The third-order valence-electron chi connectivity index (χ3n) is 4.00. The second kappa shape index (κ2) is 6.96. The Morgan fingerprint density at radius 1 is 0.957 bits per heavy atom. The van der Waals surface area contributed by atoms with Gasteiger partial charge < -0.3 is 14.5 Å². The number of hydrogen-bond acceptors (Lipinski definition) is 3. The molecular formula is C18H22BClO3. The summed E-state index contributed by atoms with van der Waals surface area (Å²) < 4.78 is 11.7. The molecule has 0 aliphatic rings. The third kappa shape index (κ3) is 5.00. The predicted octanol–water partition coefficient (Wildman–Crippen LogP) is 3.68. The van der Waals surface area contributed by atoms with E-state index in [1.165, 1.54) is 0 Å². The lowest BCUT2D eigenvalue weighted by Gasteiger charge is -2.37. The van der Waals surface area contributed by atoms with E-state index in [-0.39, 0.29) is 0 Å². The molecule has 5 heteroatoms. The summed E-state index contributed by atoms with van der Waals surface area (Å²) in [7, 11) is 0.393. The van der Waals surface area contributed by atoms with Gasteiger partial charge in [-0.15, -0.1) is 0 Å². The number of benzene rings is 2. The van der Waals surface area contributed by atoms with Crippen molar-refractivity contribution in [3.63, 3.8) is 0 Å². The van der Waals surface area contributed by atoms with Crippen LogP contribution in [0.25, 0.3) is 0 Å². The first-order chi connectivity index (χ1) is 10.7.